The van der Waals surface area contributed by atoms with E-state index in [0.29, 0.717) is 49.4 Å². The Labute approximate surface area is 167 Å². The first-order chi connectivity index (χ1) is 13.5. The molecule has 0 unspecified atom stereocenters. The van der Waals surface area contributed by atoms with Crippen molar-refractivity contribution >= 4 is 29.3 Å². The van der Waals surface area contributed by atoms with Gasteiger partial charge in [0.05, 0.1) is 6.61 Å². The summed E-state index contributed by atoms with van der Waals surface area (Å²) in [5, 5.41) is 5.33. The minimum atomic E-state index is -0.260. The number of halogens is 1. The molecule has 4 rings (SSSR count). The molecule has 3 aromatic rings. The van der Waals surface area contributed by atoms with Gasteiger partial charge in [0.25, 0.3) is 5.78 Å². The molecule has 0 spiro atoms. The number of nitrogens with zero attached hydrogens (tertiary/aromatic N) is 6. The highest BCUT2D eigenvalue weighted by Crippen LogP contribution is 2.23. The third-order valence-corrected chi connectivity index (χ3v) is 4.91. The predicted molar refractivity (Wildman–Crippen MR) is 107 cm³/mol. The summed E-state index contributed by atoms with van der Waals surface area (Å²) < 4.78 is 6.85. The van der Waals surface area contributed by atoms with Crippen LogP contribution in [-0.2, 0) is 4.74 Å². The molecule has 1 saturated heterocycles. The van der Waals surface area contributed by atoms with Gasteiger partial charge in [-0.25, -0.2) is 9.78 Å². The van der Waals surface area contributed by atoms with Gasteiger partial charge in [0, 0.05) is 48.5 Å². The monoisotopic (exact) mass is 400 g/mol. The van der Waals surface area contributed by atoms with Crippen LogP contribution in [-0.4, -0.2) is 63.4 Å². The molecule has 0 aliphatic carbocycles. The highest BCUT2D eigenvalue weighted by Gasteiger charge is 2.24. The standard InChI is InChI=1S/C19H21ClN6O2/c1-3-28-19(27)25-10-8-24(9-11-25)16-12-13(2)21-18-22-17(23-26(16)18)14-4-6-15(20)7-5-14/h4-7,12H,3,8-11H2,1-2H3. The molecule has 28 heavy (non-hydrogen) atoms. The Morgan fingerprint density at radius 1 is 1.14 bits per heavy atom. The third-order valence-electron chi connectivity index (χ3n) is 4.65. The fraction of sp³-hybridized carbons (Fsp3) is 0.368. The van der Waals surface area contributed by atoms with E-state index in [9.17, 15) is 4.79 Å². The number of hydrogen-bond acceptors (Lipinski definition) is 6. The van der Waals surface area contributed by atoms with Gasteiger partial charge in [-0.15, -0.1) is 5.10 Å². The lowest BCUT2D eigenvalue weighted by Gasteiger charge is -2.35. The van der Waals surface area contributed by atoms with Crippen LogP contribution in [0.25, 0.3) is 17.2 Å². The minimum absolute atomic E-state index is 0.260. The minimum Gasteiger partial charge on any atom is -0.450 e. The summed E-state index contributed by atoms with van der Waals surface area (Å²) in [7, 11) is 0. The van der Waals surface area contributed by atoms with Gasteiger partial charge in [-0.05, 0) is 38.1 Å². The normalized spacial score (nSPS) is 14.5. The summed E-state index contributed by atoms with van der Waals surface area (Å²) in [4.78, 5) is 24.9. The molecule has 2 aromatic heterocycles. The van der Waals surface area contributed by atoms with Crippen molar-refractivity contribution in [3.8, 4) is 11.4 Å². The topological polar surface area (TPSA) is 75.9 Å². The molecule has 0 N–H and O–H groups in total. The van der Waals surface area contributed by atoms with Crippen molar-refractivity contribution < 1.29 is 9.53 Å². The van der Waals surface area contributed by atoms with Crippen LogP contribution in [0.3, 0.4) is 0 Å². The Morgan fingerprint density at radius 2 is 1.86 bits per heavy atom. The van der Waals surface area contributed by atoms with Gasteiger partial charge in [0.1, 0.15) is 5.82 Å². The zero-order chi connectivity index (χ0) is 19.7. The number of carbonyl (C=O) groups excluding carboxylic acids is 1. The third kappa shape index (κ3) is 3.60. The highest BCUT2D eigenvalue weighted by atomic mass is 35.5. The van der Waals surface area contributed by atoms with Crippen molar-refractivity contribution in [2.24, 2.45) is 0 Å². The van der Waals surface area contributed by atoms with Gasteiger partial charge in [0.15, 0.2) is 5.82 Å². The molecule has 146 valence electrons. The molecular formula is C19H21ClN6O2. The van der Waals surface area contributed by atoms with Crippen LogP contribution < -0.4 is 4.90 Å². The van der Waals surface area contributed by atoms with E-state index in [-0.39, 0.29) is 6.09 Å². The first-order valence-electron chi connectivity index (χ1n) is 9.22. The lowest BCUT2D eigenvalue weighted by Crippen LogP contribution is -2.49. The van der Waals surface area contributed by atoms with Crippen molar-refractivity contribution in [2.45, 2.75) is 13.8 Å². The van der Waals surface area contributed by atoms with E-state index in [0.717, 1.165) is 17.1 Å². The van der Waals surface area contributed by atoms with Gasteiger partial charge >= 0.3 is 6.09 Å². The van der Waals surface area contributed by atoms with E-state index >= 15 is 0 Å². The van der Waals surface area contributed by atoms with E-state index in [1.54, 1.807) is 9.42 Å². The van der Waals surface area contributed by atoms with Gasteiger partial charge in [-0.3, -0.25) is 0 Å². The Bertz CT molecular complexity index is 996. The number of hydrogen-bond donors (Lipinski definition) is 0. The molecule has 9 heteroatoms. The van der Waals surface area contributed by atoms with E-state index in [4.69, 9.17) is 16.3 Å². The number of ether oxygens (including phenoxy) is 1. The SMILES string of the molecule is CCOC(=O)N1CCN(c2cc(C)nc3nc(-c4ccc(Cl)cc4)nn23)CC1. The Morgan fingerprint density at radius 3 is 2.54 bits per heavy atom. The number of aromatic nitrogens is 4. The average molecular weight is 401 g/mol. The van der Waals surface area contributed by atoms with Crippen molar-refractivity contribution in [2.75, 3.05) is 37.7 Å². The quantitative estimate of drug-likeness (QED) is 0.672. The van der Waals surface area contributed by atoms with Crippen molar-refractivity contribution in [3.63, 3.8) is 0 Å². The number of benzene rings is 1. The van der Waals surface area contributed by atoms with Crippen molar-refractivity contribution in [1.29, 1.82) is 0 Å². The van der Waals surface area contributed by atoms with Crippen molar-refractivity contribution in [3.05, 3.63) is 41.0 Å². The van der Waals surface area contributed by atoms with Crippen LogP contribution in [0.15, 0.2) is 30.3 Å². The van der Waals surface area contributed by atoms with Crippen LogP contribution in [0, 0.1) is 6.92 Å². The number of anilines is 1. The summed E-state index contributed by atoms with van der Waals surface area (Å²) in [5.41, 5.74) is 1.75. The van der Waals surface area contributed by atoms with Crippen LogP contribution >= 0.6 is 11.6 Å². The van der Waals surface area contributed by atoms with E-state index in [1.807, 2.05) is 44.2 Å². The average Bonchev–Trinajstić information content (AvgIpc) is 3.12. The summed E-state index contributed by atoms with van der Waals surface area (Å²) in [5.74, 6) is 2.06. The second-order valence-corrected chi connectivity index (χ2v) is 7.02. The van der Waals surface area contributed by atoms with E-state index < -0.39 is 0 Å². The molecule has 0 bridgehead atoms. The number of piperazine rings is 1. The van der Waals surface area contributed by atoms with E-state index in [2.05, 4.69) is 20.0 Å². The Hall–Kier alpha value is -2.87. The van der Waals surface area contributed by atoms with Gasteiger partial charge < -0.3 is 14.5 Å². The fourth-order valence-electron chi connectivity index (χ4n) is 3.25. The maximum atomic E-state index is 11.9. The molecule has 1 aromatic carbocycles. The summed E-state index contributed by atoms with van der Waals surface area (Å²) in [6.45, 7) is 6.71. The lowest BCUT2D eigenvalue weighted by atomic mass is 10.2. The fourth-order valence-corrected chi connectivity index (χ4v) is 3.37. The number of fused-ring (bicyclic) bond motifs is 1. The van der Waals surface area contributed by atoms with Crippen LogP contribution in [0.2, 0.25) is 5.02 Å². The summed E-state index contributed by atoms with van der Waals surface area (Å²) in [6.07, 6.45) is -0.260. The first-order valence-corrected chi connectivity index (χ1v) is 9.60. The number of carbonyl (C=O) groups is 1. The molecule has 1 fully saturated rings. The van der Waals surface area contributed by atoms with Gasteiger partial charge in [-0.1, -0.05) is 11.6 Å². The van der Waals surface area contributed by atoms with Crippen LogP contribution in [0.4, 0.5) is 10.6 Å². The number of aryl methyl sites for hydroxylation is 1. The molecule has 0 atom stereocenters. The predicted octanol–water partition coefficient (Wildman–Crippen LogP) is 3.03. The molecule has 3 heterocycles. The maximum absolute atomic E-state index is 11.9. The summed E-state index contributed by atoms with van der Waals surface area (Å²) in [6, 6.07) is 9.41. The molecule has 0 radical (unpaired) electrons. The largest absolute Gasteiger partial charge is 0.450 e. The number of rotatable bonds is 3. The smallest absolute Gasteiger partial charge is 0.409 e. The molecule has 0 saturated carbocycles. The molecule has 1 amide bonds. The highest BCUT2D eigenvalue weighted by molar-refractivity contribution is 6.30. The van der Waals surface area contributed by atoms with Crippen molar-refractivity contribution in [1.82, 2.24) is 24.5 Å². The second-order valence-electron chi connectivity index (χ2n) is 6.58. The Balaban J connectivity index is 1.62. The lowest BCUT2D eigenvalue weighted by molar-refractivity contribution is 0.105. The van der Waals surface area contributed by atoms with Gasteiger partial charge in [0.2, 0.25) is 0 Å². The van der Waals surface area contributed by atoms with Crippen LogP contribution in [0.1, 0.15) is 12.6 Å². The molecule has 1 aliphatic heterocycles. The van der Waals surface area contributed by atoms with E-state index in [1.165, 1.54) is 0 Å². The molecular weight excluding hydrogens is 380 g/mol. The zero-order valence-electron chi connectivity index (χ0n) is 15.8. The van der Waals surface area contributed by atoms with Gasteiger partial charge in [-0.2, -0.15) is 9.50 Å². The summed E-state index contributed by atoms with van der Waals surface area (Å²) >= 11 is 5.98. The second kappa shape index (κ2) is 7.63. The zero-order valence-corrected chi connectivity index (χ0v) is 16.6. The van der Waals surface area contributed by atoms with Crippen LogP contribution in [0.5, 0.6) is 0 Å². The number of amides is 1. The first kappa shape index (κ1) is 18.5. The Kier molecular flexibility index (Phi) is 5.04. The molecule has 1 aliphatic rings. The molecule has 8 nitrogen and oxygen atoms in total. The maximum Gasteiger partial charge on any atom is 0.409 e.